The van der Waals surface area contributed by atoms with Gasteiger partial charge in [0.15, 0.2) is 0 Å². The molecule has 0 radical (unpaired) electrons. The van der Waals surface area contributed by atoms with Crippen molar-refractivity contribution in [3.8, 4) is 5.75 Å². The van der Waals surface area contributed by atoms with Crippen LogP contribution >= 0.6 is 0 Å². The first-order chi connectivity index (χ1) is 9.59. The van der Waals surface area contributed by atoms with E-state index < -0.39 is 22.8 Å². The molecule has 21 heavy (non-hydrogen) atoms. The van der Waals surface area contributed by atoms with E-state index in [-0.39, 0.29) is 24.5 Å². The van der Waals surface area contributed by atoms with Gasteiger partial charge in [-0.3, -0.25) is 0 Å². The summed E-state index contributed by atoms with van der Waals surface area (Å²) in [7, 11) is -3.77. The van der Waals surface area contributed by atoms with Crippen molar-refractivity contribution in [2.45, 2.75) is 24.4 Å². The highest BCUT2D eigenvalue weighted by molar-refractivity contribution is 7.89. The van der Waals surface area contributed by atoms with Crippen molar-refractivity contribution in [2.75, 3.05) is 19.8 Å². The number of benzene rings is 1. The highest BCUT2D eigenvalue weighted by Gasteiger charge is 2.27. The van der Waals surface area contributed by atoms with Gasteiger partial charge >= 0.3 is 6.18 Å². The maximum atomic E-state index is 11.8. The summed E-state index contributed by atoms with van der Waals surface area (Å²) in [4.78, 5) is -0.0270. The van der Waals surface area contributed by atoms with Gasteiger partial charge in [-0.15, -0.1) is 0 Å². The quantitative estimate of drug-likeness (QED) is 0.777. The average Bonchev–Trinajstić information content (AvgIpc) is 2.32. The number of sulfonamides is 1. The molecule has 1 aromatic carbocycles. The van der Waals surface area contributed by atoms with Crippen LogP contribution in [0, 0.1) is 6.92 Å². The summed E-state index contributed by atoms with van der Waals surface area (Å²) in [5, 5.41) is 4.99. The summed E-state index contributed by atoms with van der Waals surface area (Å²) >= 11 is 0. The molecular formula is C12H16F3NO4S. The van der Waals surface area contributed by atoms with E-state index in [1.54, 1.807) is 6.92 Å². The molecule has 0 aliphatic carbocycles. The van der Waals surface area contributed by atoms with E-state index in [9.17, 15) is 21.6 Å². The normalized spacial score (nSPS) is 12.4. The molecule has 0 heterocycles. The summed E-state index contributed by atoms with van der Waals surface area (Å²) in [5.74, 6) is 0.443. The summed E-state index contributed by atoms with van der Waals surface area (Å²) in [5.41, 5.74) is 0.567. The molecule has 0 saturated carbocycles. The number of aryl methyl sites for hydroxylation is 1. The Hall–Kier alpha value is -1.32. The molecule has 9 heteroatoms. The Balaban J connectivity index is 2.40. The Kier molecular flexibility index (Phi) is 5.99. The molecule has 0 aliphatic rings. The van der Waals surface area contributed by atoms with E-state index in [0.717, 1.165) is 0 Å². The number of hydrogen-bond acceptors (Lipinski definition) is 4. The smallest absolute Gasteiger partial charge is 0.411 e. The monoisotopic (exact) mass is 327 g/mol. The minimum Gasteiger partial charge on any atom is -0.493 e. The third-order valence-electron chi connectivity index (χ3n) is 2.43. The van der Waals surface area contributed by atoms with Crippen LogP contribution < -0.4 is 9.88 Å². The highest BCUT2D eigenvalue weighted by Crippen LogP contribution is 2.21. The van der Waals surface area contributed by atoms with Crippen molar-refractivity contribution >= 4 is 10.0 Å². The molecule has 0 aromatic heterocycles. The van der Waals surface area contributed by atoms with Gasteiger partial charge in [0.05, 0.1) is 18.1 Å². The van der Waals surface area contributed by atoms with Gasteiger partial charge in [-0.05, 0) is 30.7 Å². The van der Waals surface area contributed by atoms with Crippen LogP contribution in [0.2, 0.25) is 0 Å². The first kappa shape index (κ1) is 17.7. The zero-order valence-corrected chi connectivity index (χ0v) is 12.1. The topological polar surface area (TPSA) is 78.6 Å². The maximum Gasteiger partial charge on any atom is 0.411 e. The van der Waals surface area contributed by atoms with Gasteiger partial charge < -0.3 is 9.47 Å². The molecule has 2 N–H and O–H groups in total. The van der Waals surface area contributed by atoms with Crippen LogP contribution in [0.4, 0.5) is 13.2 Å². The van der Waals surface area contributed by atoms with Crippen LogP contribution in [0.3, 0.4) is 0 Å². The third-order valence-corrected chi connectivity index (χ3v) is 3.34. The van der Waals surface area contributed by atoms with Crippen LogP contribution in [0.25, 0.3) is 0 Å². The van der Waals surface area contributed by atoms with Gasteiger partial charge in [-0.1, -0.05) is 0 Å². The molecule has 0 saturated heterocycles. The lowest BCUT2D eigenvalue weighted by Gasteiger charge is -2.11. The van der Waals surface area contributed by atoms with Crippen LogP contribution in [-0.2, 0) is 14.8 Å². The maximum absolute atomic E-state index is 11.8. The number of primary sulfonamides is 1. The van der Waals surface area contributed by atoms with E-state index >= 15 is 0 Å². The second kappa shape index (κ2) is 7.10. The summed E-state index contributed by atoms with van der Waals surface area (Å²) in [6.07, 6.45) is -4.05. The van der Waals surface area contributed by atoms with Gasteiger partial charge in [0.25, 0.3) is 0 Å². The molecule has 1 rings (SSSR count). The van der Waals surface area contributed by atoms with Crippen molar-refractivity contribution in [1.29, 1.82) is 0 Å². The van der Waals surface area contributed by atoms with Crippen molar-refractivity contribution in [3.63, 3.8) is 0 Å². The number of alkyl halides is 3. The second-order valence-electron chi connectivity index (χ2n) is 4.34. The molecule has 0 atom stereocenters. The van der Waals surface area contributed by atoms with Crippen LogP contribution in [0.5, 0.6) is 5.75 Å². The summed E-state index contributed by atoms with van der Waals surface area (Å²) < 4.78 is 67.4. The summed E-state index contributed by atoms with van der Waals surface area (Å²) in [6, 6.07) is 4.12. The molecule has 0 aliphatic heterocycles. The van der Waals surface area contributed by atoms with Crippen LogP contribution in [0.1, 0.15) is 12.0 Å². The highest BCUT2D eigenvalue weighted by atomic mass is 32.2. The predicted octanol–water partition coefficient (Wildman–Crippen LogP) is 1.99. The third kappa shape index (κ3) is 6.78. The fourth-order valence-corrected chi connectivity index (χ4v) is 2.09. The second-order valence-corrected chi connectivity index (χ2v) is 5.90. The Labute approximate surface area is 120 Å². The Morgan fingerprint density at radius 2 is 1.90 bits per heavy atom. The van der Waals surface area contributed by atoms with Gasteiger partial charge in [-0.25, -0.2) is 13.6 Å². The molecule has 5 nitrogen and oxygen atoms in total. The molecule has 120 valence electrons. The fourth-order valence-electron chi connectivity index (χ4n) is 1.49. The van der Waals surface area contributed by atoms with Gasteiger partial charge in [0, 0.05) is 6.42 Å². The van der Waals surface area contributed by atoms with Crippen molar-refractivity contribution in [3.05, 3.63) is 23.8 Å². The Morgan fingerprint density at radius 3 is 2.43 bits per heavy atom. The Morgan fingerprint density at radius 1 is 1.24 bits per heavy atom. The molecule has 0 fully saturated rings. The van der Waals surface area contributed by atoms with E-state index in [0.29, 0.717) is 11.3 Å². The number of hydrogen-bond donors (Lipinski definition) is 1. The molecular weight excluding hydrogens is 311 g/mol. The zero-order chi connectivity index (χ0) is 16.1. The number of ether oxygens (including phenoxy) is 2. The van der Waals surface area contributed by atoms with Crippen molar-refractivity contribution in [2.24, 2.45) is 5.14 Å². The number of halogens is 3. The first-order valence-electron chi connectivity index (χ1n) is 6.00. The van der Waals surface area contributed by atoms with E-state index in [2.05, 4.69) is 4.74 Å². The van der Waals surface area contributed by atoms with Crippen LogP contribution in [-0.4, -0.2) is 34.4 Å². The lowest BCUT2D eigenvalue weighted by molar-refractivity contribution is -0.174. The number of rotatable bonds is 7. The molecule has 0 spiro atoms. The van der Waals surface area contributed by atoms with E-state index in [1.165, 1.54) is 18.2 Å². The molecule has 0 bridgehead atoms. The SMILES string of the molecule is Cc1cc(S(N)(=O)=O)ccc1OCCCOCC(F)(F)F. The largest absolute Gasteiger partial charge is 0.493 e. The molecule has 0 unspecified atom stereocenters. The van der Waals surface area contributed by atoms with Gasteiger partial charge in [0.1, 0.15) is 12.4 Å². The first-order valence-corrected chi connectivity index (χ1v) is 7.55. The Bertz CT molecular complexity index is 572. The van der Waals surface area contributed by atoms with Crippen LogP contribution in [0.15, 0.2) is 23.1 Å². The average molecular weight is 327 g/mol. The minimum atomic E-state index is -4.33. The van der Waals surface area contributed by atoms with Gasteiger partial charge in [0.2, 0.25) is 10.0 Å². The lowest BCUT2D eigenvalue weighted by atomic mass is 10.2. The summed E-state index contributed by atoms with van der Waals surface area (Å²) in [6.45, 7) is 0.445. The minimum absolute atomic E-state index is 0.0270. The predicted molar refractivity (Wildman–Crippen MR) is 69.5 cm³/mol. The standard InChI is InChI=1S/C12H16F3NO4S/c1-9-7-10(21(16,17)18)3-4-11(9)20-6-2-5-19-8-12(13,14)15/h3-4,7H,2,5-6,8H2,1H3,(H2,16,17,18). The molecule has 1 aromatic rings. The van der Waals surface area contributed by atoms with Crippen molar-refractivity contribution in [1.82, 2.24) is 0 Å². The van der Waals surface area contributed by atoms with Gasteiger partial charge in [-0.2, -0.15) is 13.2 Å². The van der Waals surface area contributed by atoms with E-state index in [4.69, 9.17) is 9.88 Å². The lowest BCUT2D eigenvalue weighted by Crippen LogP contribution is -2.18. The van der Waals surface area contributed by atoms with E-state index in [1.807, 2.05) is 0 Å². The fraction of sp³-hybridized carbons (Fsp3) is 0.500. The molecule has 0 amide bonds. The van der Waals surface area contributed by atoms with Crippen molar-refractivity contribution < 1.29 is 31.1 Å². The number of nitrogens with two attached hydrogens (primary N) is 1. The zero-order valence-electron chi connectivity index (χ0n) is 11.3.